The largest absolute Gasteiger partial charge is 0.379 e. The van der Waals surface area contributed by atoms with Crippen LogP contribution in [-0.2, 0) is 16.0 Å². The van der Waals surface area contributed by atoms with E-state index in [0.29, 0.717) is 5.96 Å². The summed E-state index contributed by atoms with van der Waals surface area (Å²) in [4.78, 5) is 25.7. The number of guanidine groups is 1. The Labute approximate surface area is 182 Å². The van der Waals surface area contributed by atoms with Crippen LogP contribution < -0.4 is 10.6 Å². The molecule has 2 N–H and O–H groups in total. The summed E-state index contributed by atoms with van der Waals surface area (Å²) in [6.07, 6.45) is 2.73. The molecular weight excluding hydrogens is 479 g/mol. The summed E-state index contributed by atoms with van der Waals surface area (Å²) in [5.41, 5.74) is 0. The molecule has 2 rings (SSSR count). The molecule has 0 atom stereocenters. The number of nitrogens with zero attached hydrogens (tertiary/aromatic N) is 4. The third-order valence-electron chi connectivity index (χ3n) is 4.00. The Morgan fingerprint density at radius 3 is 2.67 bits per heavy atom. The van der Waals surface area contributed by atoms with Crippen LogP contribution in [0.3, 0.4) is 0 Å². The van der Waals surface area contributed by atoms with E-state index in [2.05, 4.69) is 32.4 Å². The van der Waals surface area contributed by atoms with E-state index in [4.69, 9.17) is 4.74 Å². The predicted octanol–water partition coefficient (Wildman–Crippen LogP) is 0.568. The minimum Gasteiger partial charge on any atom is -0.379 e. The van der Waals surface area contributed by atoms with E-state index in [-0.39, 0.29) is 36.4 Å². The molecule has 0 saturated carbocycles. The average molecular weight is 510 g/mol. The number of aryl methyl sites for hydroxylation is 1. The van der Waals surface area contributed by atoms with Gasteiger partial charge in [0.1, 0.15) is 6.54 Å². The molecule has 2 heterocycles. The fraction of sp³-hybridized carbons (Fsp3) is 0.706. The summed E-state index contributed by atoms with van der Waals surface area (Å²) in [6.45, 7) is 8.14. The normalized spacial score (nSPS) is 15.1. The number of hydrogen-bond donors (Lipinski definition) is 2. The van der Waals surface area contributed by atoms with Crippen molar-refractivity contribution in [2.45, 2.75) is 13.3 Å². The van der Waals surface area contributed by atoms with Crippen molar-refractivity contribution in [2.24, 2.45) is 4.99 Å². The van der Waals surface area contributed by atoms with Gasteiger partial charge in [-0.25, -0.2) is 9.98 Å². The Bertz CT molecular complexity index is 590. The highest BCUT2D eigenvalue weighted by Gasteiger charge is 2.10. The summed E-state index contributed by atoms with van der Waals surface area (Å²) >= 11 is 1.71. The minimum atomic E-state index is -0.0187. The van der Waals surface area contributed by atoms with Crippen LogP contribution in [0.1, 0.15) is 9.88 Å². The lowest BCUT2D eigenvalue weighted by atomic mass is 10.4. The first-order valence-electron chi connectivity index (χ1n) is 8.98. The number of likely N-dealkylation sites (N-methyl/N-ethyl adjacent to an activating group) is 1. The number of nitrogens with one attached hydrogen (secondary N) is 2. The number of aliphatic imine (C=N–C) groups is 1. The number of morpholine rings is 1. The molecular formula is C17H31IN6O2S. The molecule has 0 aliphatic carbocycles. The molecule has 1 aromatic rings. The third kappa shape index (κ3) is 9.67. The molecule has 10 heteroatoms. The Hall–Kier alpha value is -0.980. The maximum atomic E-state index is 11.8. The first-order chi connectivity index (χ1) is 12.5. The third-order valence-corrected chi connectivity index (χ3v) is 4.97. The highest BCUT2D eigenvalue weighted by atomic mass is 127. The number of aromatic nitrogens is 1. The van der Waals surface area contributed by atoms with Crippen molar-refractivity contribution in [1.29, 1.82) is 0 Å². The van der Waals surface area contributed by atoms with E-state index in [1.54, 1.807) is 30.3 Å². The van der Waals surface area contributed by atoms with Crippen LogP contribution in [0.15, 0.2) is 11.2 Å². The van der Waals surface area contributed by atoms with Gasteiger partial charge in [0.15, 0.2) is 5.96 Å². The molecule has 1 amide bonds. The van der Waals surface area contributed by atoms with Gasteiger partial charge in [-0.1, -0.05) is 0 Å². The summed E-state index contributed by atoms with van der Waals surface area (Å²) in [6, 6.07) is 0. The van der Waals surface area contributed by atoms with E-state index in [1.807, 2.05) is 6.20 Å². The first-order valence-corrected chi connectivity index (χ1v) is 9.80. The van der Waals surface area contributed by atoms with Gasteiger partial charge in [0.2, 0.25) is 5.91 Å². The van der Waals surface area contributed by atoms with E-state index in [9.17, 15) is 4.79 Å². The van der Waals surface area contributed by atoms with Crippen molar-refractivity contribution in [3.8, 4) is 0 Å². The van der Waals surface area contributed by atoms with Crippen LogP contribution in [0.4, 0.5) is 0 Å². The van der Waals surface area contributed by atoms with Crippen LogP contribution in [0, 0.1) is 6.92 Å². The summed E-state index contributed by atoms with van der Waals surface area (Å²) < 4.78 is 5.37. The average Bonchev–Trinajstić information content (AvgIpc) is 3.05. The van der Waals surface area contributed by atoms with Gasteiger partial charge < -0.3 is 20.3 Å². The van der Waals surface area contributed by atoms with Gasteiger partial charge in [-0.05, 0) is 6.92 Å². The van der Waals surface area contributed by atoms with Gasteiger partial charge in [-0.3, -0.25) is 9.69 Å². The summed E-state index contributed by atoms with van der Waals surface area (Å²) in [5.74, 6) is 0.650. The second kappa shape index (κ2) is 13.2. The molecule has 1 aliphatic heterocycles. The van der Waals surface area contributed by atoms with Crippen LogP contribution in [0.25, 0.3) is 0 Å². The quantitative estimate of drug-likeness (QED) is 0.303. The number of carbonyl (C=O) groups excluding carboxylic acids is 1. The highest BCUT2D eigenvalue weighted by molar-refractivity contribution is 14.0. The predicted molar refractivity (Wildman–Crippen MR) is 120 cm³/mol. The second-order valence-electron chi connectivity index (χ2n) is 6.38. The van der Waals surface area contributed by atoms with Crippen molar-refractivity contribution < 1.29 is 9.53 Å². The zero-order chi connectivity index (χ0) is 18.8. The topological polar surface area (TPSA) is 82.1 Å². The Morgan fingerprint density at radius 2 is 2.04 bits per heavy atom. The molecule has 0 radical (unpaired) electrons. The van der Waals surface area contributed by atoms with Gasteiger partial charge in [-0.2, -0.15) is 0 Å². The molecule has 1 aliphatic rings. The molecule has 8 nitrogen and oxygen atoms in total. The number of hydrogen-bond acceptors (Lipinski definition) is 6. The van der Waals surface area contributed by atoms with Crippen LogP contribution >= 0.6 is 35.3 Å². The minimum absolute atomic E-state index is 0. The second-order valence-corrected chi connectivity index (χ2v) is 7.69. The Balaban J connectivity index is 0.00000364. The molecule has 0 spiro atoms. The van der Waals surface area contributed by atoms with Crippen molar-refractivity contribution in [3.63, 3.8) is 0 Å². The maximum Gasteiger partial charge on any atom is 0.243 e. The smallest absolute Gasteiger partial charge is 0.243 e. The zero-order valence-electron chi connectivity index (χ0n) is 16.4. The summed E-state index contributed by atoms with van der Waals surface area (Å²) in [5, 5.41) is 7.73. The van der Waals surface area contributed by atoms with E-state index >= 15 is 0 Å². The lowest BCUT2D eigenvalue weighted by molar-refractivity contribution is -0.127. The van der Waals surface area contributed by atoms with E-state index < -0.39 is 0 Å². The number of carbonyl (C=O) groups is 1. The van der Waals surface area contributed by atoms with Gasteiger partial charge in [0.25, 0.3) is 0 Å². The first kappa shape index (κ1) is 24.1. The summed E-state index contributed by atoms with van der Waals surface area (Å²) in [7, 11) is 3.48. The number of thiazole rings is 1. The SMILES string of the molecule is Cc1cnc(CCNC(=NCC(=O)N(C)C)NCCN2CCOCC2)s1.I. The number of amides is 1. The molecule has 154 valence electrons. The monoisotopic (exact) mass is 510 g/mol. The fourth-order valence-corrected chi connectivity index (χ4v) is 3.21. The van der Waals surface area contributed by atoms with Crippen LogP contribution in [-0.4, -0.2) is 93.2 Å². The molecule has 1 fully saturated rings. The van der Waals surface area contributed by atoms with Crippen molar-refractivity contribution in [2.75, 3.05) is 66.6 Å². The number of ether oxygens (including phenoxy) is 1. The molecule has 1 aromatic heterocycles. The van der Waals surface area contributed by atoms with Gasteiger partial charge in [-0.15, -0.1) is 35.3 Å². The molecule has 1 saturated heterocycles. The Kier molecular flexibility index (Phi) is 11.8. The van der Waals surface area contributed by atoms with E-state index in [0.717, 1.165) is 57.4 Å². The van der Waals surface area contributed by atoms with Gasteiger partial charge >= 0.3 is 0 Å². The molecule has 0 aromatic carbocycles. The zero-order valence-corrected chi connectivity index (χ0v) is 19.5. The molecule has 27 heavy (non-hydrogen) atoms. The van der Waals surface area contributed by atoms with Crippen molar-refractivity contribution in [3.05, 3.63) is 16.1 Å². The van der Waals surface area contributed by atoms with Crippen molar-refractivity contribution in [1.82, 2.24) is 25.4 Å². The van der Waals surface area contributed by atoms with Gasteiger partial charge in [0.05, 0.1) is 18.2 Å². The van der Waals surface area contributed by atoms with Crippen LogP contribution in [0.2, 0.25) is 0 Å². The Morgan fingerprint density at radius 1 is 1.33 bits per heavy atom. The maximum absolute atomic E-state index is 11.8. The lowest BCUT2D eigenvalue weighted by Crippen LogP contribution is -2.45. The number of rotatable bonds is 8. The fourth-order valence-electron chi connectivity index (χ4n) is 2.42. The number of halogens is 1. The molecule has 0 bridgehead atoms. The molecule has 0 unspecified atom stereocenters. The highest BCUT2D eigenvalue weighted by Crippen LogP contribution is 2.10. The van der Waals surface area contributed by atoms with Crippen LogP contribution in [0.5, 0.6) is 0 Å². The van der Waals surface area contributed by atoms with Crippen molar-refractivity contribution >= 4 is 47.2 Å². The lowest BCUT2D eigenvalue weighted by Gasteiger charge is -2.26. The van der Waals surface area contributed by atoms with Gasteiger partial charge in [0, 0.05) is 64.3 Å². The standard InChI is InChI=1S/C17H30N6O2S.HI/c1-14-12-20-15(26-14)4-5-18-17(21-13-16(24)22(2)3)19-6-7-23-8-10-25-11-9-23;/h12H,4-11,13H2,1-3H3,(H2,18,19,21);1H. The van der Waals surface area contributed by atoms with E-state index in [1.165, 1.54) is 4.88 Å².